The Bertz CT molecular complexity index is 1720. The number of aromatic nitrogens is 2. The van der Waals surface area contributed by atoms with Crippen LogP contribution in [0.15, 0.2) is 103 Å². The summed E-state index contributed by atoms with van der Waals surface area (Å²) in [7, 11) is 0. The molecule has 8 nitrogen and oxygen atoms in total. The fraction of sp³-hybridized carbons (Fsp3) is 0.0938. The lowest BCUT2D eigenvalue weighted by Crippen LogP contribution is -2.15. The molecule has 0 amide bonds. The lowest BCUT2D eigenvalue weighted by molar-refractivity contribution is -0.383. The van der Waals surface area contributed by atoms with Crippen molar-refractivity contribution in [1.82, 2.24) is 9.97 Å². The van der Waals surface area contributed by atoms with Crippen LogP contribution in [-0.2, 0) is 0 Å². The second-order valence-electron chi connectivity index (χ2n) is 9.50. The van der Waals surface area contributed by atoms with E-state index in [4.69, 9.17) is 23.2 Å². The Labute approximate surface area is 252 Å². The van der Waals surface area contributed by atoms with Crippen LogP contribution in [0.3, 0.4) is 0 Å². The number of anilines is 3. The molecule has 1 unspecified atom stereocenters. The van der Waals surface area contributed by atoms with Crippen LogP contribution in [-0.4, -0.2) is 14.9 Å². The fourth-order valence-electron chi connectivity index (χ4n) is 4.70. The van der Waals surface area contributed by atoms with Crippen molar-refractivity contribution >= 4 is 46.2 Å². The van der Waals surface area contributed by atoms with Gasteiger partial charge in [-0.25, -0.2) is 9.97 Å². The van der Waals surface area contributed by atoms with E-state index in [1.807, 2.05) is 67.6 Å². The van der Waals surface area contributed by atoms with Gasteiger partial charge >= 0.3 is 5.69 Å². The maximum Gasteiger partial charge on any atom is 0.353 e. The SMILES string of the molecule is Cc1cc(C(C#N)c2ccc(Cl)cc2)c(Cl)cc1Nc1ncnc(NC(c2ccccc2)c2ccccc2)c1[N+](=O)[O-]. The molecule has 0 aliphatic rings. The number of halogens is 2. The minimum atomic E-state index is -0.625. The molecule has 0 saturated heterocycles. The van der Waals surface area contributed by atoms with Crippen molar-refractivity contribution in [2.75, 3.05) is 10.6 Å². The third-order valence-corrected chi connectivity index (χ3v) is 7.37. The van der Waals surface area contributed by atoms with E-state index in [9.17, 15) is 15.4 Å². The van der Waals surface area contributed by atoms with Crippen molar-refractivity contribution in [3.8, 4) is 6.07 Å². The highest BCUT2D eigenvalue weighted by Gasteiger charge is 2.27. The van der Waals surface area contributed by atoms with Gasteiger partial charge in [0.25, 0.3) is 0 Å². The molecule has 0 spiro atoms. The zero-order valence-electron chi connectivity index (χ0n) is 22.3. The van der Waals surface area contributed by atoms with Crippen LogP contribution in [0.25, 0.3) is 0 Å². The third-order valence-electron chi connectivity index (χ3n) is 6.79. The average Bonchev–Trinajstić information content (AvgIpc) is 3.00. The van der Waals surface area contributed by atoms with Crippen molar-refractivity contribution in [1.29, 1.82) is 5.26 Å². The normalized spacial score (nSPS) is 11.5. The predicted molar refractivity (Wildman–Crippen MR) is 165 cm³/mol. The molecule has 0 bridgehead atoms. The fourth-order valence-corrected chi connectivity index (χ4v) is 5.10. The molecule has 208 valence electrons. The molecule has 4 aromatic carbocycles. The second kappa shape index (κ2) is 12.7. The minimum Gasteiger partial charge on any atom is -0.353 e. The summed E-state index contributed by atoms with van der Waals surface area (Å²) in [5, 5.41) is 29.5. The van der Waals surface area contributed by atoms with Gasteiger partial charge in [-0.05, 0) is 52.9 Å². The molecule has 0 radical (unpaired) electrons. The molecule has 10 heteroatoms. The van der Waals surface area contributed by atoms with Crippen molar-refractivity contribution in [2.24, 2.45) is 0 Å². The highest BCUT2D eigenvalue weighted by Crippen LogP contribution is 2.38. The molecule has 0 saturated carbocycles. The van der Waals surface area contributed by atoms with E-state index >= 15 is 0 Å². The lowest BCUT2D eigenvalue weighted by Gasteiger charge is -2.21. The smallest absolute Gasteiger partial charge is 0.353 e. The highest BCUT2D eigenvalue weighted by atomic mass is 35.5. The maximum absolute atomic E-state index is 12.4. The Morgan fingerprint density at radius 1 is 0.857 bits per heavy atom. The van der Waals surface area contributed by atoms with Gasteiger partial charge < -0.3 is 10.6 Å². The van der Waals surface area contributed by atoms with Crippen LogP contribution in [0, 0.1) is 28.4 Å². The molecule has 42 heavy (non-hydrogen) atoms. The first kappa shape index (κ1) is 28.6. The van der Waals surface area contributed by atoms with E-state index in [0.29, 0.717) is 21.3 Å². The number of nitrogens with zero attached hydrogens (tertiary/aromatic N) is 4. The monoisotopic (exact) mass is 594 g/mol. The van der Waals surface area contributed by atoms with Crippen LogP contribution in [0.5, 0.6) is 0 Å². The molecule has 1 aromatic heterocycles. The van der Waals surface area contributed by atoms with Gasteiger partial charge in [0.1, 0.15) is 6.33 Å². The Morgan fingerprint density at radius 3 is 2.02 bits per heavy atom. The van der Waals surface area contributed by atoms with Gasteiger partial charge in [0, 0.05) is 15.7 Å². The van der Waals surface area contributed by atoms with Crippen LogP contribution in [0.1, 0.15) is 39.8 Å². The Balaban J connectivity index is 1.50. The number of rotatable bonds is 9. The number of aryl methyl sites for hydroxylation is 1. The topological polar surface area (TPSA) is 117 Å². The number of hydrogen-bond acceptors (Lipinski definition) is 7. The van der Waals surface area contributed by atoms with E-state index in [1.54, 1.807) is 36.4 Å². The van der Waals surface area contributed by atoms with Crippen LogP contribution >= 0.6 is 23.2 Å². The van der Waals surface area contributed by atoms with Crippen molar-refractivity contribution < 1.29 is 4.92 Å². The Morgan fingerprint density at radius 2 is 1.45 bits per heavy atom. The Hall–Kier alpha value is -4.97. The van der Waals surface area contributed by atoms with Gasteiger partial charge in [-0.15, -0.1) is 0 Å². The molecule has 2 N–H and O–H groups in total. The largest absolute Gasteiger partial charge is 0.353 e. The van der Waals surface area contributed by atoms with E-state index in [1.165, 1.54) is 6.33 Å². The van der Waals surface area contributed by atoms with Gasteiger partial charge in [0.15, 0.2) is 0 Å². The first-order valence-corrected chi connectivity index (χ1v) is 13.7. The predicted octanol–water partition coefficient (Wildman–Crippen LogP) is 8.60. The summed E-state index contributed by atoms with van der Waals surface area (Å²) in [6.07, 6.45) is 1.27. The molecular weight excluding hydrogens is 571 g/mol. The van der Waals surface area contributed by atoms with Crippen LogP contribution in [0.2, 0.25) is 10.0 Å². The molecule has 1 atom stereocenters. The van der Waals surface area contributed by atoms with Crippen molar-refractivity contribution in [2.45, 2.75) is 18.9 Å². The van der Waals surface area contributed by atoms with Crippen LogP contribution in [0.4, 0.5) is 23.0 Å². The zero-order valence-corrected chi connectivity index (χ0v) is 23.8. The quantitative estimate of drug-likeness (QED) is 0.129. The van der Waals surface area contributed by atoms with E-state index in [0.717, 1.165) is 22.3 Å². The maximum atomic E-state index is 12.4. The van der Waals surface area contributed by atoms with Crippen LogP contribution < -0.4 is 10.6 Å². The summed E-state index contributed by atoms with van der Waals surface area (Å²) < 4.78 is 0. The number of nitro groups is 1. The van der Waals surface area contributed by atoms with Gasteiger partial charge in [-0.1, -0.05) is 102 Å². The molecular formula is C32H24Cl2N6O2. The molecule has 0 aliphatic heterocycles. The third kappa shape index (κ3) is 6.18. The second-order valence-corrected chi connectivity index (χ2v) is 10.3. The number of nitriles is 1. The summed E-state index contributed by atoms with van der Waals surface area (Å²) in [6.45, 7) is 1.82. The molecule has 0 fully saturated rings. The molecule has 5 rings (SSSR count). The summed E-state index contributed by atoms with van der Waals surface area (Å²) in [5.74, 6) is -0.568. The Kier molecular flexibility index (Phi) is 8.63. The van der Waals surface area contributed by atoms with Crippen molar-refractivity contribution in [3.05, 3.63) is 151 Å². The number of nitrogens with one attached hydrogen (secondary N) is 2. The average molecular weight is 595 g/mol. The minimum absolute atomic E-state index is 0.00109. The molecule has 1 heterocycles. The van der Waals surface area contributed by atoms with Crippen molar-refractivity contribution in [3.63, 3.8) is 0 Å². The highest BCUT2D eigenvalue weighted by molar-refractivity contribution is 6.32. The van der Waals surface area contributed by atoms with Gasteiger partial charge in [-0.2, -0.15) is 5.26 Å². The lowest BCUT2D eigenvalue weighted by atomic mass is 9.91. The summed E-state index contributed by atoms with van der Waals surface area (Å²) in [5.41, 5.74) is 4.10. The summed E-state index contributed by atoms with van der Waals surface area (Å²) in [4.78, 5) is 20.3. The van der Waals surface area contributed by atoms with Gasteiger partial charge in [-0.3, -0.25) is 10.1 Å². The van der Waals surface area contributed by atoms with E-state index in [-0.39, 0.29) is 17.3 Å². The first-order chi connectivity index (χ1) is 20.4. The standard InChI is InChI=1S/C32H24Cl2N6O2/c1-20-16-25(26(18-35)21-12-14-24(33)15-13-21)27(34)17-28(20)38-31-30(40(41)42)32(37-19-36-31)39-29(22-8-4-2-5-9-22)23-10-6-3-7-11-23/h2-17,19,26,29H,1H3,(H2,36,37,38,39). The zero-order chi connectivity index (χ0) is 29.6. The van der Waals surface area contributed by atoms with Gasteiger partial charge in [0.05, 0.1) is 23.0 Å². The number of hydrogen-bond donors (Lipinski definition) is 2. The molecule has 5 aromatic rings. The van der Waals surface area contributed by atoms with E-state index < -0.39 is 16.9 Å². The molecule has 0 aliphatic carbocycles. The summed E-state index contributed by atoms with van der Waals surface area (Å²) in [6, 6.07) is 31.6. The first-order valence-electron chi connectivity index (χ1n) is 12.9. The van der Waals surface area contributed by atoms with Gasteiger partial charge in [0.2, 0.25) is 11.6 Å². The van der Waals surface area contributed by atoms with E-state index in [2.05, 4.69) is 26.7 Å². The summed E-state index contributed by atoms with van der Waals surface area (Å²) >= 11 is 12.7. The number of benzene rings is 4.